The molecule has 1 rings (SSSR count). The second kappa shape index (κ2) is 3.64. The first kappa shape index (κ1) is 9.53. The van der Waals surface area contributed by atoms with Crippen molar-refractivity contribution in [2.45, 2.75) is 13.8 Å². The van der Waals surface area contributed by atoms with E-state index in [1.807, 2.05) is 6.92 Å². The molecule has 0 unspecified atom stereocenters. The van der Waals surface area contributed by atoms with Crippen LogP contribution in [0.5, 0.6) is 0 Å². The Balaban J connectivity index is 0.000000640. The average Bonchev–Trinajstić information content (AvgIpc) is 1.98. The van der Waals surface area contributed by atoms with E-state index in [1.54, 1.807) is 6.92 Å². The van der Waals surface area contributed by atoms with Crippen molar-refractivity contribution in [3.63, 3.8) is 0 Å². The van der Waals surface area contributed by atoms with Crippen LogP contribution in [0.15, 0.2) is 4.79 Å². The summed E-state index contributed by atoms with van der Waals surface area (Å²) in [6, 6.07) is 0. The monoisotopic (exact) mass is 217 g/mol. The summed E-state index contributed by atoms with van der Waals surface area (Å²) in [6.45, 7) is 3.69. The van der Waals surface area contributed by atoms with Gasteiger partial charge in [0, 0.05) is 0 Å². The van der Waals surface area contributed by atoms with E-state index in [0.29, 0.717) is 0 Å². The van der Waals surface area contributed by atoms with Gasteiger partial charge in [0.1, 0.15) is 0 Å². The van der Waals surface area contributed by atoms with E-state index in [-0.39, 0.29) is 38.3 Å². The summed E-state index contributed by atoms with van der Waals surface area (Å²) in [5, 5.41) is 0. The summed E-state index contributed by atoms with van der Waals surface area (Å²) in [6.07, 6.45) is 0. The molecule has 2 nitrogen and oxygen atoms in total. The maximum absolute atomic E-state index is 10.5. The Hall–Kier alpha value is 0.534. The van der Waals surface area contributed by atoms with E-state index in [4.69, 9.17) is 0 Å². The summed E-state index contributed by atoms with van der Waals surface area (Å²) >= 11 is 1.27. The predicted octanol–water partition coefficient (Wildman–Crippen LogP) is 0.680. The molecule has 0 spiro atoms. The molecule has 1 aromatic rings. The summed E-state index contributed by atoms with van der Waals surface area (Å²) in [4.78, 5) is 11.6. The Morgan fingerprint density at radius 2 is 2.00 bits per heavy atom. The molecule has 9 heavy (non-hydrogen) atoms. The summed E-state index contributed by atoms with van der Waals surface area (Å²) in [5.74, 6) is 0. The Kier molecular flexibility index (Phi) is 3.86. The first-order valence-electron chi connectivity index (χ1n) is 2.31. The molecule has 0 aromatic carbocycles. The van der Waals surface area contributed by atoms with Gasteiger partial charge in [0.25, 0.3) is 0 Å². The zero-order valence-electron chi connectivity index (χ0n) is 5.34. The molecule has 1 heterocycles. The third-order valence-corrected chi connectivity index (χ3v) is 1.95. The largest absolute Gasteiger partial charge is 3.00 e. The van der Waals surface area contributed by atoms with Crippen molar-refractivity contribution in [3.8, 4) is 0 Å². The summed E-state index contributed by atoms with van der Waals surface area (Å²) in [7, 11) is 0. The van der Waals surface area contributed by atoms with E-state index < -0.39 is 0 Å². The molecule has 0 atom stereocenters. The minimum atomic E-state index is -0.0764. The van der Waals surface area contributed by atoms with Gasteiger partial charge in [-0.05, 0) is 24.3 Å². The third-order valence-electron chi connectivity index (χ3n) is 1.11. The van der Waals surface area contributed by atoms with Gasteiger partial charge in [-0.2, -0.15) is 0 Å². The molecule has 0 aliphatic heterocycles. The van der Waals surface area contributed by atoms with Crippen molar-refractivity contribution < 1.29 is 32.7 Å². The van der Waals surface area contributed by atoms with Gasteiger partial charge in [-0.15, -0.1) is 0 Å². The SMILES string of the molecule is Cc1s[n-]c(=O)c1C.[Y+3]. The quantitative estimate of drug-likeness (QED) is 0.639. The second-order valence-electron chi connectivity index (χ2n) is 1.67. The normalized spacial score (nSPS) is 8.67. The maximum Gasteiger partial charge on any atom is 3.00 e. The Labute approximate surface area is 82.7 Å². The smallest absolute Gasteiger partial charge is 0.577 e. The molecule has 1 aromatic heterocycles. The van der Waals surface area contributed by atoms with Crippen LogP contribution < -0.4 is 9.93 Å². The third kappa shape index (κ3) is 1.99. The second-order valence-corrected chi connectivity index (χ2v) is 2.65. The van der Waals surface area contributed by atoms with Gasteiger partial charge in [-0.1, -0.05) is 0 Å². The van der Waals surface area contributed by atoms with Crippen molar-refractivity contribution in [2.75, 3.05) is 0 Å². The molecule has 0 saturated carbocycles. The standard InChI is InChI=1S/C5H7NOS.Y/c1-3-4(2)8-6-5(3)7;/h1-2H3,(H,6,7);/q;+3/p-1. The van der Waals surface area contributed by atoms with Gasteiger partial charge >= 0.3 is 32.7 Å². The zero-order valence-corrected chi connectivity index (χ0v) is 9.00. The summed E-state index contributed by atoms with van der Waals surface area (Å²) in [5.41, 5.74) is 0.711. The van der Waals surface area contributed by atoms with Crippen molar-refractivity contribution in [1.29, 1.82) is 0 Å². The van der Waals surface area contributed by atoms with Gasteiger partial charge < -0.3 is 9.17 Å². The Bertz CT molecular complexity index is 239. The molecule has 0 radical (unpaired) electrons. The molecule has 4 heteroatoms. The molecule has 0 aliphatic rings. The van der Waals surface area contributed by atoms with Gasteiger partial charge in [0.2, 0.25) is 0 Å². The molecule has 0 aliphatic carbocycles. The Morgan fingerprint density at radius 1 is 1.44 bits per heavy atom. The van der Waals surface area contributed by atoms with Gasteiger partial charge in [-0.3, -0.25) is 11.5 Å². The van der Waals surface area contributed by atoms with Crippen LogP contribution in [0.25, 0.3) is 0 Å². The van der Waals surface area contributed by atoms with Gasteiger partial charge in [-0.25, -0.2) is 0 Å². The molecular formula is C5H6NOSY+2. The number of aromatic nitrogens is 1. The average molecular weight is 217 g/mol. The van der Waals surface area contributed by atoms with Crippen LogP contribution in [0.1, 0.15) is 10.4 Å². The van der Waals surface area contributed by atoms with Crippen LogP contribution in [0, 0.1) is 13.8 Å². The van der Waals surface area contributed by atoms with Crippen molar-refractivity contribution >= 4 is 11.5 Å². The molecule has 0 amide bonds. The van der Waals surface area contributed by atoms with E-state index in [1.165, 1.54) is 11.5 Å². The molecule has 0 saturated heterocycles. The van der Waals surface area contributed by atoms with Crippen LogP contribution >= 0.6 is 11.5 Å². The van der Waals surface area contributed by atoms with Crippen LogP contribution in [-0.4, -0.2) is 0 Å². The molecule has 0 fully saturated rings. The number of aryl methyl sites for hydroxylation is 1. The topological polar surface area (TPSA) is 31.2 Å². The number of hydrogen-bond acceptors (Lipinski definition) is 2. The van der Waals surface area contributed by atoms with Crippen LogP contribution in [0.3, 0.4) is 0 Å². The summed E-state index contributed by atoms with van der Waals surface area (Å²) < 4.78 is 3.60. The van der Waals surface area contributed by atoms with Crippen molar-refractivity contribution in [1.82, 2.24) is 4.37 Å². The number of hydrogen-bond donors (Lipinski definition) is 0. The van der Waals surface area contributed by atoms with Gasteiger partial charge in [0.05, 0.1) is 5.56 Å². The predicted molar refractivity (Wildman–Crippen MR) is 33.4 cm³/mol. The number of nitrogens with zero attached hydrogens (tertiary/aromatic N) is 1. The van der Waals surface area contributed by atoms with E-state index in [0.717, 1.165) is 10.4 Å². The zero-order chi connectivity index (χ0) is 6.15. The molecular weight excluding hydrogens is 211 g/mol. The van der Waals surface area contributed by atoms with Gasteiger partial charge in [0.15, 0.2) is 0 Å². The van der Waals surface area contributed by atoms with E-state index in [9.17, 15) is 4.79 Å². The number of rotatable bonds is 0. The van der Waals surface area contributed by atoms with Crippen molar-refractivity contribution in [2.24, 2.45) is 0 Å². The molecule has 44 valence electrons. The van der Waals surface area contributed by atoms with E-state index in [2.05, 4.69) is 4.37 Å². The van der Waals surface area contributed by atoms with Crippen LogP contribution in [0.2, 0.25) is 0 Å². The van der Waals surface area contributed by atoms with E-state index >= 15 is 0 Å². The fraction of sp³-hybridized carbons (Fsp3) is 0.400. The first-order chi connectivity index (χ1) is 3.72. The van der Waals surface area contributed by atoms with Crippen LogP contribution in [0.4, 0.5) is 0 Å². The molecule has 0 bridgehead atoms. The first-order valence-corrected chi connectivity index (χ1v) is 3.09. The maximum atomic E-state index is 10.5. The minimum absolute atomic E-state index is 0. The minimum Gasteiger partial charge on any atom is -0.577 e. The van der Waals surface area contributed by atoms with Crippen molar-refractivity contribution in [3.05, 3.63) is 20.8 Å². The molecule has 0 N–H and O–H groups in total. The Morgan fingerprint density at radius 3 is 2.11 bits per heavy atom. The van der Waals surface area contributed by atoms with Crippen LogP contribution in [-0.2, 0) is 32.7 Å². The fourth-order valence-corrected chi connectivity index (χ4v) is 0.978. The fourth-order valence-electron chi connectivity index (χ4n) is 0.397.